The van der Waals surface area contributed by atoms with E-state index >= 15 is 0 Å². The van der Waals surface area contributed by atoms with Gasteiger partial charge in [-0.2, -0.15) is 0 Å². The Morgan fingerprint density at radius 1 is 1.39 bits per heavy atom. The lowest BCUT2D eigenvalue weighted by Gasteiger charge is -2.03. The number of para-hydroxylation sites is 1. The van der Waals surface area contributed by atoms with Crippen molar-refractivity contribution >= 4 is 10.9 Å². The number of hydrogen-bond acceptors (Lipinski definition) is 3. The fourth-order valence-corrected chi connectivity index (χ4v) is 1.70. The molecule has 92 valence electrons. The van der Waals surface area contributed by atoms with E-state index in [1.165, 1.54) is 0 Å². The van der Waals surface area contributed by atoms with Crippen molar-refractivity contribution in [3.63, 3.8) is 0 Å². The van der Waals surface area contributed by atoms with E-state index < -0.39 is 0 Å². The molecule has 1 heterocycles. The Balaban J connectivity index is 2.09. The SMILES string of the molecule is CC#CCCNCc1nc2ccccc2c(=O)[nH]1. The zero-order chi connectivity index (χ0) is 12.8. The molecule has 0 unspecified atom stereocenters. The summed E-state index contributed by atoms with van der Waals surface area (Å²) in [7, 11) is 0. The Labute approximate surface area is 105 Å². The molecule has 0 bridgehead atoms. The molecular formula is C14H15N3O. The van der Waals surface area contributed by atoms with Crippen LogP contribution in [0.4, 0.5) is 0 Å². The summed E-state index contributed by atoms with van der Waals surface area (Å²) in [6.45, 7) is 3.16. The third-order valence-electron chi connectivity index (χ3n) is 2.56. The lowest BCUT2D eigenvalue weighted by Crippen LogP contribution is -2.20. The van der Waals surface area contributed by atoms with Gasteiger partial charge in [0.05, 0.1) is 17.4 Å². The molecule has 0 saturated carbocycles. The Morgan fingerprint density at radius 3 is 3.06 bits per heavy atom. The first-order valence-corrected chi connectivity index (χ1v) is 5.89. The molecule has 18 heavy (non-hydrogen) atoms. The minimum Gasteiger partial charge on any atom is -0.309 e. The summed E-state index contributed by atoms with van der Waals surface area (Å²) in [4.78, 5) is 19.0. The van der Waals surface area contributed by atoms with Crippen molar-refractivity contribution < 1.29 is 0 Å². The predicted octanol–water partition coefficient (Wildman–Crippen LogP) is 1.43. The third kappa shape index (κ3) is 2.96. The van der Waals surface area contributed by atoms with Crippen LogP contribution in [0.1, 0.15) is 19.2 Å². The number of rotatable bonds is 4. The van der Waals surface area contributed by atoms with E-state index in [1.807, 2.05) is 25.1 Å². The van der Waals surface area contributed by atoms with Crippen LogP contribution in [0.15, 0.2) is 29.1 Å². The van der Waals surface area contributed by atoms with Gasteiger partial charge in [0, 0.05) is 13.0 Å². The van der Waals surface area contributed by atoms with Gasteiger partial charge in [0.15, 0.2) is 0 Å². The van der Waals surface area contributed by atoms with Crippen molar-refractivity contribution in [1.82, 2.24) is 15.3 Å². The van der Waals surface area contributed by atoms with Crippen molar-refractivity contribution in [3.8, 4) is 11.8 Å². The van der Waals surface area contributed by atoms with E-state index in [0.717, 1.165) is 18.5 Å². The maximum atomic E-state index is 11.8. The molecule has 4 heteroatoms. The molecule has 0 atom stereocenters. The molecule has 2 rings (SSSR count). The highest BCUT2D eigenvalue weighted by Gasteiger charge is 2.02. The monoisotopic (exact) mass is 241 g/mol. The second-order valence-electron chi connectivity index (χ2n) is 3.88. The summed E-state index contributed by atoms with van der Waals surface area (Å²) >= 11 is 0. The highest BCUT2D eigenvalue weighted by molar-refractivity contribution is 5.77. The third-order valence-corrected chi connectivity index (χ3v) is 2.56. The highest BCUT2D eigenvalue weighted by Crippen LogP contribution is 2.05. The summed E-state index contributed by atoms with van der Waals surface area (Å²) in [5, 5.41) is 3.82. The van der Waals surface area contributed by atoms with E-state index in [1.54, 1.807) is 6.07 Å². The number of nitrogens with one attached hydrogen (secondary N) is 2. The normalized spacial score (nSPS) is 10.1. The molecular weight excluding hydrogens is 226 g/mol. The smallest absolute Gasteiger partial charge is 0.258 e. The molecule has 4 nitrogen and oxygen atoms in total. The number of benzene rings is 1. The average molecular weight is 241 g/mol. The maximum Gasteiger partial charge on any atom is 0.258 e. The van der Waals surface area contributed by atoms with Crippen LogP contribution in [0.5, 0.6) is 0 Å². The zero-order valence-corrected chi connectivity index (χ0v) is 10.3. The second-order valence-corrected chi connectivity index (χ2v) is 3.88. The highest BCUT2D eigenvalue weighted by atomic mass is 16.1. The largest absolute Gasteiger partial charge is 0.309 e. The number of H-pyrrole nitrogens is 1. The Bertz CT molecular complexity index is 649. The van der Waals surface area contributed by atoms with Crippen LogP contribution in [0.2, 0.25) is 0 Å². The van der Waals surface area contributed by atoms with Crippen LogP contribution in [-0.4, -0.2) is 16.5 Å². The van der Waals surface area contributed by atoms with E-state index in [9.17, 15) is 4.79 Å². The quantitative estimate of drug-likeness (QED) is 0.629. The predicted molar refractivity (Wildman–Crippen MR) is 72.1 cm³/mol. The molecule has 1 aromatic carbocycles. The van der Waals surface area contributed by atoms with Crippen molar-refractivity contribution in [2.45, 2.75) is 19.9 Å². The molecule has 0 aliphatic heterocycles. The van der Waals surface area contributed by atoms with Gasteiger partial charge in [0.25, 0.3) is 5.56 Å². The molecule has 0 amide bonds. The van der Waals surface area contributed by atoms with Gasteiger partial charge >= 0.3 is 0 Å². The molecule has 0 saturated heterocycles. The molecule has 2 N–H and O–H groups in total. The van der Waals surface area contributed by atoms with Crippen LogP contribution >= 0.6 is 0 Å². The molecule has 1 aromatic heterocycles. The van der Waals surface area contributed by atoms with Crippen molar-refractivity contribution in [1.29, 1.82) is 0 Å². The summed E-state index contributed by atoms with van der Waals surface area (Å²) in [5.74, 6) is 6.46. The number of nitrogens with zero attached hydrogens (tertiary/aromatic N) is 1. The van der Waals surface area contributed by atoms with Crippen molar-refractivity contribution in [3.05, 3.63) is 40.4 Å². The van der Waals surface area contributed by atoms with Gasteiger partial charge in [0.2, 0.25) is 0 Å². The van der Waals surface area contributed by atoms with Crippen molar-refractivity contribution in [2.24, 2.45) is 0 Å². The van der Waals surface area contributed by atoms with Crippen LogP contribution < -0.4 is 10.9 Å². The van der Waals surface area contributed by atoms with Gasteiger partial charge in [0.1, 0.15) is 5.82 Å². The summed E-state index contributed by atoms with van der Waals surface area (Å²) < 4.78 is 0. The van der Waals surface area contributed by atoms with Gasteiger partial charge in [-0.1, -0.05) is 12.1 Å². The first-order valence-electron chi connectivity index (χ1n) is 5.89. The lowest BCUT2D eigenvalue weighted by molar-refractivity contribution is 0.671. The van der Waals surface area contributed by atoms with E-state index in [4.69, 9.17) is 0 Å². The fraction of sp³-hybridized carbons (Fsp3) is 0.286. The number of aromatic nitrogens is 2. The van der Waals surface area contributed by atoms with Gasteiger partial charge in [-0.3, -0.25) is 4.79 Å². The Hall–Kier alpha value is -2.12. The molecule has 0 aliphatic carbocycles. The second kappa shape index (κ2) is 5.99. The lowest BCUT2D eigenvalue weighted by atomic mass is 10.2. The molecule has 0 radical (unpaired) electrons. The van der Waals surface area contributed by atoms with Crippen LogP contribution in [0.3, 0.4) is 0 Å². The van der Waals surface area contributed by atoms with Crippen LogP contribution in [0.25, 0.3) is 10.9 Å². The molecule has 0 aliphatic rings. The summed E-state index contributed by atoms with van der Waals surface area (Å²) in [5.41, 5.74) is 0.636. The standard InChI is InChI=1S/C14H15N3O/c1-2-3-6-9-15-10-13-16-12-8-5-4-7-11(12)14(18)17-13/h4-5,7-8,15H,6,9-10H2,1H3,(H,16,17,18). The maximum absolute atomic E-state index is 11.8. The van der Waals surface area contributed by atoms with Gasteiger partial charge in [-0.25, -0.2) is 4.98 Å². The topological polar surface area (TPSA) is 57.8 Å². The Kier molecular flexibility index (Phi) is 4.11. The summed E-state index contributed by atoms with van der Waals surface area (Å²) in [6, 6.07) is 7.33. The van der Waals surface area contributed by atoms with Gasteiger partial charge < -0.3 is 10.3 Å². The van der Waals surface area contributed by atoms with Crippen molar-refractivity contribution in [2.75, 3.05) is 6.54 Å². The minimum atomic E-state index is -0.0919. The molecule has 0 fully saturated rings. The first-order chi connectivity index (χ1) is 8.81. The zero-order valence-electron chi connectivity index (χ0n) is 10.3. The first kappa shape index (κ1) is 12.3. The number of fused-ring (bicyclic) bond motifs is 1. The molecule has 0 spiro atoms. The van der Waals surface area contributed by atoms with E-state index in [0.29, 0.717) is 17.8 Å². The fourth-order valence-electron chi connectivity index (χ4n) is 1.70. The van der Waals surface area contributed by atoms with Gasteiger partial charge in [-0.15, -0.1) is 11.8 Å². The minimum absolute atomic E-state index is 0.0919. The number of aromatic amines is 1. The van der Waals surface area contributed by atoms with Crippen LogP contribution in [-0.2, 0) is 6.54 Å². The molecule has 2 aromatic rings. The average Bonchev–Trinajstić information content (AvgIpc) is 2.39. The van der Waals surface area contributed by atoms with Crippen LogP contribution in [0, 0.1) is 11.8 Å². The summed E-state index contributed by atoms with van der Waals surface area (Å²) in [6.07, 6.45) is 0.800. The van der Waals surface area contributed by atoms with E-state index in [2.05, 4.69) is 27.1 Å². The number of hydrogen-bond donors (Lipinski definition) is 2. The van der Waals surface area contributed by atoms with E-state index in [-0.39, 0.29) is 5.56 Å². The van der Waals surface area contributed by atoms with Gasteiger partial charge in [-0.05, 0) is 19.1 Å². The Morgan fingerprint density at radius 2 is 2.22 bits per heavy atom.